The standard InChI is InChI=1S/C11H14N4O2S/c12-11(17)8(16)6-13-4-7-5-14-15-10(7)9-2-1-3-18-9/h1-3,5,8,13,16H,4,6H2,(H2,12,17)(H,14,15). The van der Waals surface area contributed by atoms with Gasteiger partial charge in [0.2, 0.25) is 5.91 Å². The van der Waals surface area contributed by atoms with Gasteiger partial charge in [-0.2, -0.15) is 5.10 Å². The molecule has 0 spiro atoms. The van der Waals surface area contributed by atoms with Crippen molar-refractivity contribution in [1.82, 2.24) is 15.5 Å². The topological polar surface area (TPSA) is 104 Å². The Morgan fingerprint density at radius 3 is 3.17 bits per heavy atom. The van der Waals surface area contributed by atoms with Gasteiger partial charge in [0.25, 0.3) is 0 Å². The zero-order chi connectivity index (χ0) is 13.0. The number of amides is 1. The summed E-state index contributed by atoms with van der Waals surface area (Å²) < 4.78 is 0. The molecular weight excluding hydrogens is 252 g/mol. The van der Waals surface area contributed by atoms with Crippen LogP contribution in [0.4, 0.5) is 0 Å². The number of rotatable bonds is 6. The highest BCUT2D eigenvalue weighted by atomic mass is 32.1. The molecule has 0 saturated carbocycles. The number of aromatic nitrogens is 2. The number of carbonyl (C=O) groups is 1. The smallest absolute Gasteiger partial charge is 0.247 e. The van der Waals surface area contributed by atoms with Crippen LogP contribution < -0.4 is 11.1 Å². The van der Waals surface area contributed by atoms with Crippen molar-refractivity contribution in [3.63, 3.8) is 0 Å². The Balaban J connectivity index is 1.95. The molecular formula is C11H14N4O2S. The first-order chi connectivity index (χ1) is 8.68. The summed E-state index contributed by atoms with van der Waals surface area (Å²) in [6, 6.07) is 3.97. The number of thiophene rings is 1. The number of nitrogens with one attached hydrogen (secondary N) is 2. The number of nitrogens with zero attached hydrogens (tertiary/aromatic N) is 1. The second-order valence-electron chi connectivity index (χ2n) is 3.80. The molecule has 2 aromatic heterocycles. The molecule has 6 nitrogen and oxygen atoms in total. The summed E-state index contributed by atoms with van der Waals surface area (Å²) in [5, 5.41) is 21.1. The van der Waals surface area contributed by atoms with Gasteiger partial charge in [-0.25, -0.2) is 0 Å². The van der Waals surface area contributed by atoms with Gasteiger partial charge in [-0.1, -0.05) is 6.07 Å². The summed E-state index contributed by atoms with van der Waals surface area (Å²) in [6.07, 6.45) is 0.556. The molecule has 2 heterocycles. The fraction of sp³-hybridized carbons (Fsp3) is 0.273. The van der Waals surface area contributed by atoms with Gasteiger partial charge in [-0.15, -0.1) is 11.3 Å². The molecule has 18 heavy (non-hydrogen) atoms. The van der Waals surface area contributed by atoms with E-state index in [9.17, 15) is 9.90 Å². The highest BCUT2D eigenvalue weighted by Crippen LogP contribution is 2.25. The maximum atomic E-state index is 10.7. The van der Waals surface area contributed by atoms with E-state index in [1.54, 1.807) is 17.5 Å². The van der Waals surface area contributed by atoms with Gasteiger partial charge in [0.1, 0.15) is 6.10 Å². The minimum atomic E-state index is -1.16. The van der Waals surface area contributed by atoms with Gasteiger partial charge in [0.05, 0.1) is 16.8 Å². The first-order valence-corrected chi connectivity index (χ1v) is 6.30. The minimum absolute atomic E-state index is 0.129. The Morgan fingerprint density at radius 1 is 1.67 bits per heavy atom. The molecule has 7 heteroatoms. The largest absolute Gasteiger partial charge is 0.382 e. The van der Waals surface area contributed by atoms with Crippen LogP contribution in [0.5, 0.6) is 0 Å². The van der Waals surface area contributed by atoms with Crippen LogP contribution >= 0.6 is 11.3 Å². The Hall–Kier alpha value is -1.70. The molecule has 96 valence electrons. The Morgan fingerprint density at radius 2 is 2.50 bits per heavy atom. The fourth-order valence-corrected chi connectivity index (χ4v) is 2.28. The maximum Gasteiger partial charge on any atom is 0.247 e. The molecule has 0 aromatic carbocycles. The highest BCUT2D eigenvalue weighted by Gasteiger charge is 2.12. The molecule has 0 fully saturated rings. The van der Waals surface area contributed by atoms with Gasteiger partial charge < -0.3 is 16.2 Å². The van der Waals surface area contributed by atoms with Gasteiger partial charge in [0, 0.05) is 18.7 Å². The van der Waals surface area contributed by atoms with Crippen molar-refractivity contribution in [2.75, 3.05) is 6.54 Å². The number of aliphatic hydroxyl groups is 1. The number of aromatic amines is 1. The molecule has 2 aromatic rings. The van der Waals surface area contributed by atoms with Gasteiger partial charge in [-0.3, -0.25) is 9.89 Å². The normalized spacial score (nSPS) is 12.5. The first kappa shape index (κ1) is 12.7. The molecule has 0 radical (unpaired) electrons. The van der Waals surface area contributed by atoms with Crippen molar-refractivity contribution in [2.45, 2.75) is 12.6 Å². The van der Waals surface area contributed by atoms with Crippen molar-refractivity contribution in [3.8, 4) is 10.6 Å². The molecule has 1 amide bonds. The van der Waals surface area contributed by atoms with Crippen LogP contribution in [-0.4, -0.2) is 33.9 Å². The molecule has 5 N–H and O–H groups in total. The average molecular weight is 266 g/mol. The van der Waals surface area contributed by atoms with E-state index in [4.69, 9.17) is 5.73 Å². The van der Waals surface area contributed by atoms with Gasteiger partial charge in [0.15, 0.2) is 0 Å². The highest BCUT2D eigenvalue weighted by molar-refractivity contribution is 7.13. The number of hydrogen-bond donors (Lipinski definition) is 4. The first-order valence-electron chi connectivity index (χ1n) is 5.42. The van der Waals surface area contributed by atoms with Crippen molar-refractivity contribution in [2.24, 2.45) is 5.73 Å². The number of primary amides is 1. The summed E-state index contributed by atoms with van der Waals surface area (Å²) in [5.74, 6) is -0.729. The third-order valence-corrected chi connectivity index (χ3v) is 3.35. The summed E-state index contributed by atoms with van der Waals surface area (Å²) in [5.41, 5.74) is 6.89. The van der Waals surface area contributed by atoms with E-state index in [1.165, 1.54) is 0 Å². The SMILES string of the molecule is NC(=O)C(O)CNCc1cn[nH]c1-c1cccs1. The van der Waals surface area contributed by atoms with Crippen LogP contribution in [0.15, 0.2) is 23.7 Å². The molecule has 0 saturated heterocycles. The molecule has 1 atom stereocenters. The minimum Gasteiger partial charge on any atom is -0.382 e. The zero-order valence-corrected chi connectivity index (χ0v) is 10.4. The van der Waals surface area contributed by atoms with E-state index >= 15 is 0 Å². The van der Waals surface area contributed by atoms with Crippen molar-refractivity contribution < 1.29 is 9.90 Å². The Bertz CT molecular complexity index is 509. The van der Waals surface area contributed by atoms with Crippen molar-refractivity contribution >= 4 is 17.2 Å². The van der Waals surface area contributed by atoms with Crippen LogP contribution in [-0.2, 0) is 11.3 Å². The van der Waals surface area contributed by atoms with Crippen molar-refractivity contribution in [1.29, 1.82) is 0 Å². The van der Waals surface area contributed by atoms with E-state index in [0.717, 1.165) is 16.1 Å². The average Bonchev–Trinajstić information content (AvgIpc) is 2.98. The van der Waals surface area contributed by atoms with E-state index in [2.05, 4.69) is 15.5 Å². The lowest BCUT2D eigenvalue weighted by Crippen LogP contribution is -2.37. The summed E-state index contributed by atoms with van der Waals surface area (Å²) in [7, 11) is 0. The molecule has 1 unspecified atom stereocenters. The van der Waals surface area contributed by atoms with Gasteiger partial charge >= 0.3 is 0 Å². The molecule has 0 aliphatic carbocycles. The lowest BCUT2D eigenvalue weighted by atomic mass is 10.2. The lowest BCUT2D eigenvalue weighted by Gasteiger charge is -2.08. The van der Waals surface area contributed by atoms with E-state index in [1.807, 2.05) is 17.5 Å². The predicted molar refractivity (Wildman–Crippen MR) is 68.8 cm³/mol. The summed E-state index contributed by atoms with van der Waals surface area (Å²) in [6.45, 7) is 0.637. The summed E-state index contributed by atoms with van der Waals surface area (Å²) in [4.78, 5) is 11.8. The molecule has 2 rings (SSSR count). The van der Waals surface area contributed by atoms with E-state index in [0.29, 0.717) is 6.54 Å². The van der Waals surface area contributed by atoms with Crippen LogP contribution in [0.1, 0.15) is 5.56 Å². The van der Waals surface area contributed by atoms with E-state index in [-0.39, 0.29) is 6.54 Å². The van der Waals surface area contributed by atoms with Crippen LogP contribution in [0, 0.1) is 0 Å². The molecule has 0 bridgehead atoms. The zero-order valence-electron chi connectivity index (χ0n) is 9.59. The third-order valence-electron chi connectivity index (χ3n) is 2.47. The maximum absolute atomic E-state index is 10.7. The fourth-order valence-electron chi connectivity index (χ4n) is 1.52. The van der Waals surface area contributed by atoms with Crippen molar-refractivity contribution in [3.05, 3.63) is 29.3 Å². The second-order valence-corrected chi connectivity index (χ2v) is 4.74. The quantitative estimate of drug-likeness (QED) is 0.594. The predicted octanol–water partition coefficient (Wildman–Crippen LogP) is 0.0740. The Kier molecular flexibility index (Phi) is 4.08. The Labute approximate surface area is 108 Å². The van der Waals surface area contributed by atoms with E-state index < -0.39 is 12.0 Å². The number of carbonyl (C=O) groups excluding carboxylic acids is 1. The number of H-pyrrole nitrogens is 1. The summed E-state index contributed by atoms with van der Waals surface area (Å²) >= 11 is 1.62. The number of nitrogens with two attached hydrogens (primary N) is 1. The monoisotopic (exact) mass is 266 g/mol. The number of aliphatic hydroxyl groups excluding tert-OH is 1. The van der Waals surface area contributed by atoms with Crippen LogP contribution in [0.25, 0.3) is 10.6 Å². The lowest BCUT2D eigenvalue weighted by molar-refractivity contribution is -0.125. The molecule has 0 aliphatic heterocycles. The van der Waals surface area contributed by atoms with Crippen LogP contribution in [0.3, 0.4) is 0 Å². The third kappa shape index (κ3) is 2.95. The van der Waals surface area contributed by atoms with Crippen LogP contribution in [0.2, 0.25) is 0 Å². The second kappa shape index (κ2) is 5.76. The van der Waals surface area contributed by atoms with Gasteiger partial charge in [-0.05, 0) is 11.4 Å². The number of hydrogen-bond acceptors (Lipinski definition) is 5. The molecule has 0 aliphatic rings.